The average molecular weight is 352 g/mol. The second-order valence-electron chi connectivity index (χ2n) is 5.58. The minimum Gasteiger partial charge on any atom is -0.339 e. The second kappa shape index (κ2) is 7.18. The Morgan fingerprint density at radius 3 is 2.67 bits per heavy atom. The molecule has 1 aromatic heterocycles. The first-order chi connectivity index (χ1) is 10.0. The quantitative estimate of drug-likeness (QED) is 0.845. The van der Waals surface area contributed by atoms with Crippen molar-refractivity contribution in [1.82, 2.24) is 15.5 Å². The summed E-state index contributed by atoms with van der Waals surface area (Å²) < 4.78 is 6.54. The molecule has 0 saturated carbocycles. The van der Waals surface area contributed by atoms with Crippen molar-refractivity contribution in [3.63, 3.8) is 0 Å². The Hall–Kier alpha value is -1.20. The Morgan fingerprint density at radius 1 is 1.29 bits per heavy atom. The molecule has 2 atom stereocenters. The summed E-state index contributed by atoms with van der Waals surface area (Å²) in [5.41, 5.74) is 0.956. The summed E-state index contributed by atoms with van der Waals surface area (Å²) in [6, 6.07) is 8.22. The van der Waals surface area contributed by atoms with Crippen molar-refractivity contribution in [3.05, 3.63) is 34.6 Å². The van der Waals surface area contributed by atoms with Gasteiger partial charge in [0.25, 0.3) is 0 Å². The first kappa shape index (κ1) is 16.2. The molecule has 0 aliphatic carbocycles. The molecule has 114 valence electrons. The van der Waals surface area contributed by atoms with Gasteiger partial charge in [0, 0.05) is 16.1 Å². The Labute approximate surface area is 134 Å². The Kier molecular flexibility index (Phi) is 5.53. The van der Waals surface area contributed by atoms with Crippen LogP contribution in [0.15, 0.2) is 33.3 Å². The lowest BCUT2D eigenvalue weighted by molar-refractivity contribution is 0.281. The number of nitrogens with zero attached hydrogens (tertiary/aromatic N) is 2. The molecule has 2 rings (SSSR count). The highest BCUT2D eigenvalue weighted by Gasteiger charge is 2.28. The third-order valence-corrected chi connectivity index (χ3v) is 4.09. The molecule has 2 aromatic rings. The fraction of sp³-hybridized carbons (Fsp3) is 0.500. The minimum absolute atomic E-state index is 0.207. The number of benzene rings is 1. The summed E-state index contributed by atoms with van der Waals surface area (Å²) in [6.07, 6.45) is 0. The van der Waals surface area contributed by atoms with Crippen LogP contribution in [0.5, 0.6) is 0 Å². The molecular formula is C16H22BrN3O. The zero-order valence-electron chi connectivity index (χ0n) is 12.9. The van der Waals surface area contributed by atoms with E-state index in [2.05, 4.69) is 59.1 Å². The lowest BCUT2D eigenvalue weighted by atomic mass is 9.89. The monoisotopic (exact) mass is 351 g/mol. The Bertz CT molecular complexity index is 582. The van der Waals surface area contributed by atoms with E-state index in [9.17, 15) is 0 Å². The highest BCUT2D eigenvalue weighted by molar-refractivity contribution is 9.10. The van der Waals surface area contributed by atoms with E-state index >= 15 is 0 Å². The number of aromatic nitrogens is 2. The van der Waals surface area contributed by atoms with E-state index < -0.39 is 0 Å². The molecule has 0 aliphatic rings. The fourth-order valence-electron chi connectivity index (χ4n) is 2.64. The van der Waals surface area contributed by atoms with Gasteiger partial charge in [-0.25, -0.2) is 0 Å². The maximum atomic E-state index is 5.53. The molecular weight excluding hydrogens is 330 g/mol. The molecule has 0 amide bonds. The van der Waals surface area contributed by atoms with Gasteiger partial charge in [0.05, 0.1) is 5.92 Å². The van der Waals surface area contributed by atoms with Crippen molar-refractivity contribution >= 4 is 15.9 Å². The van der Waals surface area contributed by atoms with E-state index in [0.29, 0.717) is 23.7 Å². The van der Waals surface area contributed by atoms with Crippen molar-refractivity contribution in [2.45, 2.75) is 39.7 Å². The molecule has 21 heavy (non-hydrogen) atoms. The molecule has 0 spiro atoms. The number of halogens is 1. The molecule has 1 heterocycles. The van der Waals surface area contributed by atoms with Gasteiger partial charge in [-0.15, -0.1) is 0 Å². The molecule has 5 heteroatoms. The van der Waals surface area contributed by atoms with Gasteiger partial charge in [0.2, 0.25) is 11.7 Å². The molecule has 0 radical (unpaired) electrons. The Morgan fingerprint density at radius 2 is 2.05 bits per heavy atom. The second-order valence-corrected chi connectivity index (χ2v) is 6.50. The van der Waals surface area contributed by atoms with Gasteiger partial charge in [0.1, 0.15) is 0 Å². The lowest BCUT2D eigenvalue weighted by Gasteiger charge is -2.24. The topological polar surface area (TPSA) is 51.0 Å². The molecule has 1 aromatic carbocycles. The van der Waals surface area contributed by atoms with Crippen LogP contribution in [0.1, 0.15) is 39.5 Å². The van der Waals surface area contributed by atoms with Crippen LogP contribution in [0.4, 0.5) is 0 Å². The summed E-state index contributed by atoms with van der Waals surface area (Å²) >= 11 is 3.47. The Balaban J connectivity index is 2.28. The molecule has 0 aliphatic heterocycles. The smallest absolute Gasteiger partial charge is 0.231 e. The van der Waals surface area contributed by atoms with Gasteiger partial charge < -0.3 is 9.84 Å². The summed E-state index contributed by atoms with van der Waals surface area (Å²) in [5, 5.41) is 7.59. The third kappa shape index (κ3) is 3.92. The molecule has 2 unspecified atom stereocenters. The predicted octanol–water partition coefficient (Wildman–Crippen LogP) is 4.24. The van der Waals surface area contributed by atoms with Gasteiger partial charge in [-0.05, 0) is 31.5 Å². The largest absolute Gasteiger partial charge is 0.339 e. The number of hydrogen-bond donors (Lipinski definition) is 1. The van der Waals surface area contributed by atoms with Crippen LogP contribution in [-0.2, 0) is 0 Å². The minimum atomic E-state index is 0.207. The first-order valence-corrected chi connectivity index (χ1v) is 8.15. The van der Waals surface area contributed by atoms with Crippen LogP contribution in [-0.4, -0.2) is 22.7 Å². The summed E-state index contributed by atoms with van der Waals surface area (Å²) in [6.45, 7) is 9.56. The number of nitrogens with one attached hydrogen (secondary N) is 1. The van der Waals surface area contributed by atoms with Gasteiger partial charge in [-0.3, -0.25) is 0 Å². The number of hydrogen-bond acceptors (Lipinski definition) is 4. The third-order valence-electron chi connectivity index (χ3n) is 3.59. The maximum Gasteiger partial charge on any atom is 0.231 e. The maximum absolute atomic E-state index is 5.53. The summed E-state index contributed by atoms with van der Waals surface area (Å²) in [7, 11) is 0. The molecule has 0 bridgehead atoms. The van der Waals surface area contributed by atoms with Crippen molar-refractivity contribution in [2.75, 3.05) is 6.54 Å². The summed E-state index contributed by atoms with van der Waals surface area (Å²) in [5.74, 6) is 1.97. The summed E-state index contributed by atoms with van der Waals surface area (Å²) in [4.78, 5) is 4.61. The van der Waals surface area contributed by atoms with Crippen LogP contribution in [0.3, 0.4) is 0 Å². The van der Waals surface area contributed by atoms with E-state index in [1.165, 1.54) is 0 Å². The van der Waals surface area contributed by atoms with E-state index in [1.807, 2.05) is 24.3 Å². The van der Waals surface area contributed by atoms with Crippen LogP contribution in [0.25, 0.3) is 11.4 Å². The van der Waals surface area contributed by atoms with Crippen LogP contribution in [0.2, 0.25) is 0 Å². The number of likely N-dealkylation sites (N-methyl/N-ethyl adjacent to an activating group) is 1. The van der Waals surface area contributed by atoms with Crippen molar-refractivity contribution in [3.8, 4) is 11.4 Å². The predicted molar refractivity (Wildman–Crippen MR) is 88.2 cm³/mol. The lowest BCUT2D eigenvalue weighted by Crippen LogP contribution is -2.34. The van der Waals surface area contributed by atoms with Crippen LogP contribution >= 0.6 is 15.9 Å². The zero-order valence-corrected chi connectivity index (χ0v) is 14.5. The van der Waals surface area contributed by atoms with Gasteiger partial charge in [-0.2, -0.15) is 4.98 Å². The van der Waals surface area contributed by atoms with E-state index in [0.717, 1.165) is 16.6 Å². The SMILES string of the molecule is CCNC(C)C(c1nc(-c2cccc(Br)c2)no1)C(C)C. The molecule has 1 N–H and O–H groups in total. The van der Waals surface area contributed by atoms with Crippen molar-refractivity contribution in [1.29, 1.82) is 0 Å². The van der Waals surface area contributed by atoms with Gasteiger partial charge in [-0.1, -0.05) is 54.0 Å². The molecule has 4 nitrogen and oxygen atoms in total. The molecule has 0 saturated heterocycles. The highest BCUT2D eigenvalue weighted by Crippen LogP contribution is 2.29. The molecule has 0 fully saturated rings. The van der Waals surface area contributed by atoms with Gasteiger partial charge >= 0.3 is 0 Å². The standard InChI is InChI=1S/C16H22BrN3O/c1-5-18-11(4)14(10(2)3)16-19-15(20-21-16)12-7-6-8-13(17)9-12/h6-11,14,18H,5H2,1-4H3. The highest BCUT2D eigenvalue weighted by atomic mass is 79.9. The number of rotatable bonds is 6. The van der Waals surface area contributed by atoms with E-state index in [4.69, 9.17) is 4.52 Å². The van der Waals surface area contributed by atoms with Crippen molar-refractivity contribution < 1.29 is 4.52 Å². The van der Waals surface area contributed by atoms with Crippen LogP contribution in [0, 0.1) is 5.92 Å². The van der Waals surface area contributed by atoms with E-state index in [1.54, 1.807) is 0 Å². The first-order valence-electron chi connectivity index (χ1n) is 7.35. The van der Waals surface area contributed by atoms with Gasteiger partial charge in [0.15, 0.2) is 0 Å². The average Bonchev–Trinajstić information content (AvgIpc) is 2.88. The van der Waals surface area contributed by atoms with E-state index in [-0.39, 0.29) is 5.92 Å². The normalized spacial score (nSPS) is 14.4. The zero-order chi connectivity index (χ0) is 15.4. The fourth-order valence-corrected chi connectivity index (χ4v) is 3.04. The van der Waals surface area contributed by atoms with Crippen molar-refractivity contribution in [2.24, 2.45) is 5.92 Å². The van der Waals surface area contributed by atoms with Crippen LogP contribution < -0.4 is 5.32 Å².